The average Bonchev–Trinajstić information content (AvgIpc) is 3.08. The topological polar surface area (TPSA) is 33.1 Å². The van der Waals surface area contributed by atoms with Gasteiger partial charge in [-0.1, -0.05) is 60.7 Å². The Morgan fingerprint density at radius 2 is 1.59 bits per heavy atom. The molecule has 124 valence electrons. The Morgan fingerprint density at radius 1 is 0.815 bits per heavy atom. The molecule has 0 N–H and O–H groups in total. The third-order valence-electron chi connectivity index (χ3n) is 5.03. The maximum Gasteiger partial charge on any atom is 0.188 e. The van der Waals surface area contributed by atoms with E-state index >= 15 is 0 Å². The van der Waals surface area contributed by atoms with E-state index in [1.54, 1.807) is 12.1 Å². The van der Waals surface area contributed by atoms with E-state index in [0.29, 0.717) is 11.3 Å². The molecule has 5 rings (SSSR count). The first-order chi connectivity index (χ1) is 13.3. The Balaban J connectivity index is 2.04. The molecule has 5 aromatic rings. The summed E-state index contributed by atoms with van der Waals surface area (Å²) >= 11 is 0. The number of aromatic nitrogens is 1. The van der Waals surface area contributed by atoms with Crippen molar-refractivity contribution >= 4 is 38.3 Å². The average molecular weight is 343 g/mol. The van der Waals surface area contributed by atoms with E-state index in [9.17, 15) is 5.26 Å². The Kier molecular flexibility index (Phi) is 3.22. The van der Waals surface area contributed by atoms with Crippen molar-refractivity contribution in [2.24, 2.45) is 0 Å². The molecule has 0 aliphatic rings. The van der Waals surface area contributed by atoms with Crippen LogP contribution in [0.2, 0.25) is 0 Å². The number of hydrogen-bond donors (Lipinski definition) is 0. The SMILES string of the molecule is [C-]#[N+]c1ccc(-n2c3ccccc3c3ccc4ccccc4c32)c(C#N)c1. The second kappa shape index (κ2) is 5.73. The summed E-state index contributed by atoms with van der Waals surface area (Å²) in [6.07, 6.45) is 0. The first kappa shape index (κ1) is 15.2. The maximum atomic E-state index is 9.73. The van der Waals surface area contributed by atoms with Crippen LogP contribution in [0, 0.1) is 17.9 Å². The monoisotopic (exact) mass is 343 g/mol. The van der Waals surface area contributed by atoms with Crippen molar-refractivity contribution in [1.82, 2.24) is 4.57 Å². The molecule has 0 spiro atoms. The molecular formula is C24H13N3. The highest BCUT2D eigenvalue weighted by Gasteiger charge is 2.16. The van der Waals surface area contributed by atoms with Crippen LogP contribution >= 0.6 is 0 Å². The lowest BCUT2D eigenvalue weighted by Gasteiger charge is -2.11. The molecule has 0 radical (unpaired) electrons. The van der Waals surface area contributed by atoms with E-state index in [1.165, 1.54) is 0 Å². The molecule has 4 aromatic carbocycles. The molecule has 0 saturated carbocycles. The highest BCUT2D eigenvalue weighted by Crippen LogP contribution is 2.37. The van der Waals surface area contributed by atoms with Gasteiger partial charge in [-0.2, -0.15) is 5.26 Å². The van der Waals surface area contributed by atoms with Crippen LogP contribution in [0.4, 0.5) is 5.69 Å². The molecule has 0 fully saturated rings. The van der Waals surface area contributed by atoms with Gasteiger partial charge >= 0.3 is 0 Å². The lowest BCUT2D eigenvalue weighted by Crippen LogP contribution is -1.97. The second-order valence-corrected chi connectivity index (χ2v) is 6.46. The van der Waals surface area contributed by atoms with Crippen LogP contribution in [0.5, 0.6) is 0 Å². The van der Waals surface area contributed by atoms with Crippen molar-refractivity contribution in [2.75, 3.05) is 0 Å². The van der Waals surface area contributed by atoms with Crippen LogP contribution in [0.25, 0.3) is 43.1 Å². The second-order valence-electron chi connectivity index (χ2n) is 6.46. The van der Waals surface area contributed by atoms with E-state index in [1.807, 2.05) is 30.3 Å². The third kappa shape index (κ3) is 2.13. The van der Waals surface area contributed by atoms with Gasteiger partial charge in [0.1, 0.15) is 0 Å². The van der Waals surface area contributed by atoms with Crippen molar-refractivity contribution in [1.29, 1.82) is 5.26 Å². The molecule has 1 heterocycles. The fourth-order valence-corrected chi connectivity index (χ4v) is 3.86. The van der Waals surface area contributed by atoms with E-state index < -0.39 is 0 Å². The predicted molar refractivity (Wildman–Crippen MR) is 109 cm³/mol. The first-order valence-electron chi connectivity index (χ1n) is 8.65. The molecule has 0 aliphatic carbocycles. The minimum absolute atomic E-state index is 0.473. The molecule has 0 saturated heterocycles. The zero-order valence-corrected chi connectivity index (χ0v) is 14.3. The largest absolute Gasteiger partial charge is 0.307 e. The number of hydrogen-bond acceptors (Lipinski definition) is 1. The summed E-state index contributed by atoms with van der Waals surface area (Å²) in [4.78, 5) is 3.47. The maximum absolute atomic E-state index is 9.73. The van der Waals surface area contributed by atoms with E-state index in [0.717, 1.165) is 38.3 Å². The number of benzene rings is 4. The van der Waals surface area contributed by atoms with Gasteiger partial charge in [0, 0.05) is 16.2 Å². The minimum atomic E-state index is 0.473. The number of fused-ring (bicyclic) bond motifs is 5. The fourth-order valence-electron chi connectivity index (χ4n) is 3.86. The van der Waals surface area contributed by atoms with Crippen molar-refractivity contribution in [3.05, 3.63) is 95.8 Å². The van der Waals surface area contributed by atoms with Crippen molar-refractivity contribution < 1.29 is 0 Å². The Hall–Kier alpha value is -4.08. The lowest BCUT2D eigenvalue weighted by molar-refractivity contribution is 1.17. The van der Waals surface area contributed by atoms with Gasteiger partial charge in [0.25, 0.3) is 0 Å². The van der Waals surface area contributed by atoms with E-state index in [-0.39, 0.29) is 0 Å². The summed E-state index contributed by atoms with van der Waals surface area (Å²) in [5.74, 6) is 0. The summed E-state index contributed by atoms with van der Waals surface area (Å²) in [5.41, 5.74) is 3.91. The molecule has 3 heteroatoms. The van der Waals surface area contributed by atoms with Gasteiger partial charge in [-0.3, -0.25) is 0 Å². The van der Waals surface area contributed by atoms with Gasteiger partial charge in [-0.05, 0) is 23.6 Å². The van der Waals surface area contributed by atoms with Crippen molar-refractivity contribution in [3.8, 4) is 11.8 Å². The summed E-state index contributed by atoms with van der Waals surface area (Å²) < 4.78 is 2.15. The van der Waals surface area contributed by atoms with Gasteiger partial charge in [0.05, 0.1) is 34.9 Å². The highest BCUT2D eigenvalue weighted by molar-refractivity contribution is 6.18. The zero-order chi connectivity index (χ0) is 18.4. The fraction of sp³-hybridized carbons (Fsp3) is 0. The van der Waals surface area contributed by atoms with Crippen LogP contribution in [-0.4, -0.2) is 4.57 Å². The summed E-state index contributed by atoms with van der Waals surface area (Å²) in [6, 6.07) is 28.4. The molecule has 0 atom stereocenters. The third-order valence-corrected chi connectivity index (χ3v) is 5.03. The number of nitrogens with zero attached hydrogens (tertiary/aromatic N) is 3. The minimum Gasteiger partial charge on any atom is -0.307 e. The lowest BCUT2D eigenvalue weighted by atomic mass is 10.1. The first-order valence-corrected chi connectivity index (χ1v) is 8.65. The molecule has 0 aliphatic heterocycles. The predicted octanol–water partition coefficient (Wildman–Crippen LogP) is 6.36. The smallest absolute Gasteiger partial charge is 0.188 e. The molecule has 0 unspecified atom stereocenters. The van der Waals surface area contributed by atoms with Crippen LogP contribution in [0.3, 0.4) is 0 Å². The normalized spacial score (nSPS) is 10.9. The molecule has 0 bridgehead atoms. The number of nitriles is 1. The van der Waals surface area contributed by atoms with E-state index in [2.05, 4.69) is 51.9 Å². The van der Waals surface area contributed by atoms with Gasteiger partial charge in [-0.25, -0.2) is 4.85 Å². The van der Waals surface area contributed by atoms with Gasteiger partial charge < -0.3 is 4.57 Å². The number of para-hydroxylation sites is 1. The van der Waals surface area contributed by atoms with Crippen LogP contribution in [0.15, 0.2) is 78.9 Å². The standard InChI is InChI=1S/C24H13N3/c1-26-18-11-13-22(17(14-18)15-25)27-23-9-5-4-8-20(23)21-12-10-16-6-2-3-7-19(16)24(21)27/h2-14H. The van der Waals surface area contributed by atoms with Crippen LogP contribution in [0.1, 0.15) is 5.56 Å². The molecule has 3 nitrogen and oxygen atoms in total. The van der Waals surface area contributed by atoms with Gasteiger partial charge in [-0.15, -0.1) is 0 Å². The molecular weight excluding hydrogens is 330 g/mol. The van der Waals surface area contributed by atoms with Crippen molar-refractivity contribution in [2.45, 2.75) is 0 Å². The summed E-state index contributed by atoms with van der Waals surface area (Å²) in [6.45, 7) is 7.24. The molecule has 27 heavy (non-hydrogen) atoms. The zero-order valence-electron chi connectivity index (χ0n) is 14.3. The number of rotatable bonds is 1. The Morgan fingerprint density at radius 3 is 2.41 bits per heavy atom. The summed E-state index contributed by atoms with van der Waals surface area (Å²) in [5, 5.41) is 14.3. The quantitative estimate of drug-likeness (QED) is 0.326. The van der Waals surface area contributed by atoms with Gasteiger partial charge in [0.15, 0.2) is 5.69 Å². The Labute approximate surface area is 156 Å². The molecule has 1 aromatic heterocycles. The highest BCUT2D eigenvalue weighted by atomic mass is 15.0. The summed E-state index contributed by atoms with van der Waals surface area (Å²) in [7, 11) is 0. The van der Waals surface area contributed by atoms with Crippen molar-refractivity contribution in [3.63, 3.8) is 0 Å². The Bertz CT molecular complexity index is 1440. The van der Waals surface area contributed by atoms with E-state index in [4.69, 9.17) is 6.57 Å². The van der Waals surface area contributed by atoms with Crippen LogP contribution < -0.4 is 0 Å². The van der Waals surface area contributed by atoms with Gasteiger partial charge in [0.2, 0.25) is 0 Å². The molecule has 0 amide bonds. The van der Waals surface area contributed by atoms with Crippen LogP contribution in [-0.2, 0) is 0 Å².